The molecule has 0 saturated carbocycles. The van der Waals surface area contributed by atoms with Gasteiger partial charge in [0.2, 0.25) is 0 Å². The summed E-state index contributed by atoms with van der Waals surface area (Å²) in [5, 5.41) is 28.5. The van der Waals surface area contributed by atoms with Gasteiger partial charge in [0.1, 0.15) is 24.1 Å². The van der Waals surface area contributed by atoms with Crippen molar-refractivity contribution in [1.82, 2.24) is 9.55 Å². The number of hydrogen-bond acceptors (Lipinski definition) is 7. The quantitative estimate of drug-likeness (QED) is 0.206. The number of aliphatic hydroxyl groups is 3. The van der Waals surface area contributed by atoms with Crippen LogP contribution in [-0.4, -0.2) is 66.6 Å². The molecular weight excluding hydrogens is 270 g/mol. The van der Waals surface area contributed by atoms with Crippen LogP contribution < -0.4 is 5.73 Å². The third-order valence-corrected chi connectivity index (χ3v) is 3.03. The fraction of sp³-hybridized carbons (Fsp3) is 0.500. The highest BCUT2D eigenvalue weighted by atomic mass is 16.6. The van der Waals surface area contributed by atoms with Crippen LogP contribution >= 0.6 is 0 Å². The lowest BCUT2D eigenvalue weighted by Crippen LogP contribution is -2.33. The summed E-state index contributed by atoms with van der Waals surface area (Å²) in [6.07, 6.45) is -2.89. The van der Waals surface area contributed by atoms with E-state index in [4.69, 9.17) is 21.1 Å². The molecule has 0 amide bonds. The lowest BCUT2D eigenvalue weighted by Gasteiger charge is -2.17. The lowest BCUT2D eigenvalue weighted by molar-refractivity contribution is -0.0518. The van der Waals surface area contributed by atoms with Gasteiger partial charge in [0.05, 0.1) is 12.9 Å². The monoisotopic (exact) mass is 283 g/mol. The molecule has 1 fully saturated rings. The van der Waals surface area contributed by atoms with Gasteiger partial charge < -0.3 is 31.3 Å². The molecule has 4 atom stereocenters. The first-order valence-corrected chi connectivity index (χ1v) is 5.67. The van der Waals surface area contributed by atoms with Gasteiger partial charge in [-0.15, -0.1) is 0 Å². The molecule has 1 aliphatic rings. The third kappa shape index (κ3) is 2.22. The summed E-state index contributed by atoms with van der Waals surface area (Å²) < 4.78 is 6.41. The molecule has 1 aromatic rings. The zero-order valence-electron chi connectivity index (χ0n) is 10.2. The average molecular weight is 283 g/mol. The second kappa shape index (κ2) is 5.49. The van der Waals surface area contributed by atoms with E-state index in [2.05, 4.69) is 9.77 Å². The fourth-order valence-electron chi connectivity index (χ4n) is 1.99. The van der Waals surface area contributed by atoms with Crippen LogP contribution in [-0.2, 0) is 4.74 Å². The van der Waals surface area contributed by atoms with Crippen LogP contribution in [0.3, 0.4) is 0 Å². The van der Waals surface area contributed by atoms with Crippen molar-refractivity contribution in [2.75, 3.05) is 12.3 Å². The summed E-state index contributed by atoms with van der Waals surface area (Å²) in [6, 6.07) is 0. The van der Waals surface area contributed by atoms with Crippen molar-refractivity contribution in [3.8, 4) is 0 Å². The first-order valence-electron chi connectivity index (χ1n) is 5.67. The zero-order chi connectivity index (χ0) is 14.9. The Kier molecular flexibility index (Phi) is 3.93. The number of aromatic nitrogens is 2. The van der Waals surface area contributed by atoms with Crippen molar-refractivity contribution in [3.63, 3.8) is 0 Å². The normalized spacial score (nSPS) is 29.1. The van der Waals surface area contributed by atoms with Crippen molar-refractivity contribution < 1.29 is 29.6 Å². The van der Waals surface area contributed by atoms with Crippen LogP contribution in [0.4, 0.5) is 5.82 Å². The predicted molar refractivity (Wildman–Crippen MR) is 63.7 cm³/mol. The van der Waals surface area contributed by atoms with Crippen molar-refractivity contribution in [2.45, 2.75) is 24.5 Å². The number of hydrogen-bond donors (Lipinski definition) is 4. The minimum atomic E-state index is -1.34. The largest absolute Gasteiger partial charge is 0.394 e. The number of imidazole rings is 1. The molecular formula is C10H13N5O5. The molecule has 0 radical (unpaired) electrons. The minimum absolute atomic E-state index is 0.121. The first-order chi connectivity index (χ1) is 9.51. The SMILES string of the molecule is [N-]=[N+]=CC(=O)c1ncn([C@@H]2O[C@H](CO)[C@H](O)[C@H]2O)c1N. The Morgan fingerprint density at radius 2 is 2.30 bits per heavy atom. The Balaban J connectivity index is 2.31. The molecule has 2 rings (SSSR count). The number of rotatable bonds is 4. The summed E-state index contributed by atoms with van der Waals surface area (Å²) in [4.78, 5) is 17.8. The number of anilines is 1. The van der Waals surface area contributed by atoms with Gasteiger partial charge in [0, 0.05) is 0 Å². The van der Waals surface area contributed by atoms with Crippen molar-refractivity contribution in [2.24, 2.45) is 0 Å². The Morgan fingerprint density at radius 3 is 2.85 bits per heavy atom. The van der Waals surface area contributed by atoms with E-state index in [0.29, 0.717) is 6.21 Å². The highest BCUT2D eigenvalue weighted by Gasteiger charge is 2.44. The van der Waals surface area contributed by atoms with Gasteiger partial charge in [-0.25, -0.2) is 4.98 Å². The maximum atomic E-state index is 11.5. The van der Waals surface area contributed by atoms with E-state index in [1.807, 2.05) is 0 Å². The molecule has 0 unspecified atom stereocenters. The molecule has 1 saturated heterocycles. The van der Waals surface area contributed by atoms with Gasteiger partial charge in [-0.3, -0.25) is 9.36 Å². The molecule has 0 aliphatic carbocycles. The Bertz CT molecular complexity index is 566. The summed E-state index contributed by atoms with van der Waals surface area (Å²) in [5.74, 6) is -0.847. The first kappa shape index (κ1) is 14.3. The molecule has 2 heterocycles. The van der Waals surface area contributed by atoms with E-state index in [-0.39, 0.29) is 11.5 Å². The molecule has 0 aromatic carbocycles. The standard InChI is InChI=1S/C10H13N5O5/c11-9-6(4(17)1-14-12)13-3-15(9)10-8(19)7(18)5(2-16)20-10/h1,3,5,7-8,10,16,18-19H,2,11H2/t5-,7+,8-,10-/m1/s1. The van der Waals surface area contributed by atoms with Crippen molar-refractivity contribution in [3.05, 3.63) is 17.6 Å². The Morgan fingerprint density at radius 1 is 1.60 bits per heavy atom. The topological polar surface area (TPSA) is 167 Å². The number of nitrogens with two attached hydrogens (primary N) is 1. The molecule has 1 aromatic heterocycles. The number of ketones is 1. The highest BCUT2D eigenvalue weighted by molar-refractivity contribution is 6.34. The van der Waals surface area contributed by atoms with Crippen LogP contribution in [0.2, 0.25) is 0 Å². The number of ether oxygens (including phenoxy) is 1. The average Bonchev–Trinajstić information content (AvgIpc) is 2.93. The lowest BCUT2D eigenvalue weighted by atomic mass is 10.1. The van der Waals surface area contributed by atoms with Gasteiger partial charge in [-0.2, -0.15) is 4.79 Å². The van der Waals surface area contributed by atoms with Crippen LogP contribution in [0, 0.1) is 0 Å². The number of aliphatic hydroxyl groups excluding tert-OH is 3. The number of carbonyl (C=O) groups is 1. The number of carbonyl (C=O) groups excluding carboxylic acids is 1. The zero-order valence-corrected chi connectivity index (χ0v) is 10.2. The van der Waals surface area contributed by atoms with Gasteiger partial charge in [-0.1, -0.05) is 0 Å². The molecule has 0 spiro atoms. The van der Waals surface area contributed by atoms with Gasteiger partial charge in [0.15, 0.2) is 11.9 Å². The molecule has 5 N–H and O–H groups in total. The van der Waals surface area contributed by atoms with E-state index in [1.165, 1.54) is 0 Å². The number of Topliss-reactive ketones (excluding diaryl/α,β-unsaturated/α-hetero) is 1. The van der Waals surface area contributed by atoms with Crippen molar-refractivity contribution >= 4 is 17.8 Å². The maximum Gasteiger partial charge on any atom is 0.329 e. The molecule has 1 aliphatic heterocycles. The summed E-state index contributed by atoms with van der Waals surface area (Å²) in [6.45, 7) is -0.480. The Labute approximate surface area is 112 Å². The van der Waals surface area contributed by atoms with E-state index in [1.54, 1.807) is 0 Å². The molecule has 10 nitrogen and oxygen atoms in total. The van der Waals surface area contributed by atoms with Gasteiger partial charge >= 0.3 is 6.21 Å². The third-order valence-electron chi connectivity index (χ3n) is 3.03. The molecule has 20 heavy (non-hydrogen) atoms. The second-order valence-electron chi connectivity index (χ2n) is 4.22. The van der Waals surface area contributed by atoms with Crippen molar-refractivity contribution in [1.29, 1.82) is 0 Å². The smallest absolute Gasteiger partial charge is 0.329 e. The second-order valence-corrected chi connectivity index (χ2v) is 4.22. The van der Waals surface area contributed by atoms with Gasteiger partial charge in [0.25, 0.3) is 5.78 Å². The fourth-order valence-corrected chi connectivity index (χ4v) is 1.99. The van der Waals surface area contributed by atoms with E-state index < -0.39 is 36.9 Å². The summed E-state index contributed by atoms with van der Waals surface area (Å²) in [7, 11) is 0. The van der Waals surface area contributed by atoms with E-state index >= 15 is 0 Å². The Hall–Kier alpha value is -2.10. The number of nitrogen functional groups attached to an aromatic ring is 1. The maximum absolute atomic E-state index is 11.5. The summed E-state index contributed by atoms with van der Waals surface area (Å²) in [5.41, 5.74) is 13.8. The van der Waals surface area contributed by atoms with Crippen LogP contribution in [0.5, 0.6) is 0 Å². The highest BCUT2D eigenvalue weighted by Crippen LogP contribution is 2.31. The molecule has 108 valence electrons. The van der Waals surface area contributed by atoms with Gasteiger partial charge in [-0.05, 0) is 0 Å². The summed E-state index contributed by atoms with van der Waals surface area (Å²) >= 11 is 0. The minimum Gasteiger partial charge on any atom is -0.394 e. The van der Waals surface area contributed by atoms with E-state index in [9.17, 15) is 15.0 Å². The molecule has 10 heteroatoms. The van der Waals surface area contributed by atoms with Crippen LogP contribution in [0.15, 0.2) is 6.33 Å². The molecule has 0 bridgehead atoms. The van der Waals surface area contributed by atoms with Crippen LogP contribution in [0.1, 0.15) is 16.7 Å². The predicted octanol–water partition coefficient (Wildman–Crippen LogP) is -2.44. The van der Waals surface area contributed by atoms with E-state index in [0.717, 1.165) is 10.9 Å². The van der Waals surface area contributed by atoms with Crippen LogP contribution in [0.25, 0.3) is 5.53 Å². The number of nitrogens with zero attached hydrogens (tertiary/aromatic N) is 4.